The molecule has 1 amide bonds. The number of aryl methyl sites for hydroxylation is 2. The number of carbonyl (C=O) groups is 1. The first-order valence-electron chi connectivity index (χ1n) is 8.02. The lowest BCUT2D eigenvalue weighted by molar-refractivity contribution is 0.0953. The quantitative estimate of drug-likeness (QED) is 0.625. The zero-order valence-electron chi connectivity index (χ0n) is 14.8. The number of carbonyl (C=O) groups excluding carboxylic acids is 1. The summed E-state index contributed by atoms with van der Waals surface area (Å²) in [6.07, 6.45) is 0.685. The van der Waals surface area contributed by atoms with Gasteiger partial charge in [0.25, 0.3) is 15.9 Å². The van der Waals surface area contributed by atoms with E-state index in [1.54, 1.807) is 37.3 Å². The third kappa shape index (κ3) is 5.72. The molecule has 0 aliphatic heterocycles. The molecule has 2 aromatic rings. The number of nitrogens with two attached hydrogens (primary N) is 1. The fourth-order valence-corrected chi connectivity index (χ4v) is 3.72. The van der Waals surface area contributed by atoms with Crippen molar-refractivity contribution in [3.8, 4) is 0 Å². The highest BCUT2D eigenvalue weighted by Crippen LogP contribution is 2.21. The summed E-state index contributed by atoms with van der Waals surface area (Å²) in [7, 11) is -3.73. The van der Waals surface area contributed by atoms with Gasteiger partial charge >= 0.3 is 0 Å². The predicted octanol–water partition coefficient (Wildman–Crippen LogP) is 2.60. The monoisotopic (exact) mass is 397 g/mol. The molecular formula is C18H24ClN3O3S. The molecule has 0 aromatic heterocycles. The number of hydrogen-bond donors (Lipinski definition) is 3. The molecule has 142 valence electrons. The maximum absolute atomic E-state index is 12.6. The van der Waals surface area contributed by atoms with Crippen LogP contribution in [-0.4, -0.2) is 27.4 Å². The van der Waals surface area contributed by atoms with Crippen molar-refractivity contribution < 1.29 is 13.2 Å². The largest absolute Gasteiger partial charge is 0.352 e. The van der Waals surface area contributed by atoms with Gasteiger partial charge in [0, 0.05) is 17.8 Å². The minimum Gasteiger partial charge on any atom is -0.352 e. The molecule has 0 aliphatic rings. The average molecular weight is 398 g/mol. The van der Waals surface area contributed by atoms with E-state index < -0.39 is 10.0 Å². The van der Waals surface area contributed by atoms with E-state index in [0.717, 1.165) is 5.56 Å². The van der Waals surface area contributed by atoms with Crippen LogP contribution in [0.4, 0.5) is 5.69 Å². The minimum atomic E-state index is -3.73. The van der Waals surface area contributed by atoms with Gasteiger partial charge in [0.1, 0.15) is 0 Å². The Morgan fingerprint density at radius 3 is 2.54 bits per heavy atom. The maximum atomic E-state index is 12.6. The number of halogens is 1. The molecule has 0 spiro atoms. The molecule has 0 saturated carbocycles. The Kier molecular flexibility index (Phi) is 8.08. The lowest BCUT2D eigenvalue weighted by Gasteiger charge is -2.12. The molecule has 0 atom stereocenters. The van der Waals surface area contributed by atoms with Crippen LogP contribution in [0.15, 0.2) is 47.4 Å². The number of rotatable bonds is 7. The van der Waals surface area contributed by atoms with E-state index in [4.69, 9.17) is 5.73 Å². The number of amides is 1. The Bertz CT molecular complexity index is 870. The molecule has 0 unspecified atom stereocenters. The Morgan fingerprint density at radius 2 is 1.85 bits per heavy atom. The second-order valence-corrected chi connectivity index (χ2v) is 7.50. The summed E-state index contributed by atoms with van der Waals surface area (Å²) >= 11 is 0. The minimum absolute atomic E-state index is 0. The maximum Gasteiger partial charge on any atom is 0.262 e. The van der Waals surface area contributed by atoms with Crippen LogP contribution in [0.3, 0.4) is 0 Å². The van der Waals surface area contributed by atoms with Gasteiger partial charge in [0.2, 0.25) is 0 Å². The topological polar surface area (TPSA) is 101 Å². The third-order valence-corrected chi connectivity index (χ3v) is 5.20. The van der Waals surface area contributed by atoms with E-state index in [-0.39, 0.29) is 23.2 Å². The highest BCUT2D eigenvalue weighted by Gasteiger charge is 2.17. The van der Waals surface area contributed by atoms with Crippen molar-refractivity contribution in [2.45, 2.75) is 25.2 Å². The van der Waals surface area contributed by atoms with E-state index in [0.29, 0.717) is 36.3 Å². The first kappa shape index (κ1) is 22.0. The Morgan fingerprint density at radius 1 is 1.12 bits per heavy atom. The smallest absolute Gasteiger partial charge is 0.262 e. The first-order chi connectivity index (χ1) is 11.8. The van der Waals surface area contributed by atoms with Crippen molar-refractivity contribution in [2.24, 2.45) is 5.73 Å². The SMILES string of the molecule is Cc1ccc(C)c(S(=O)(=O)Nc2cccc(C(=O)NCCCN)c2)c1.Cl. The van der Waals surface area contributed by atoms with Crippen LogP contribution in [0.25, 0.3) is 0 Å². The van der Waals surface area contributed by atoms with Crippen LogP contribution < -0.4 is 15.8 Å². The van der Waals surface area contributed by atoms with E-state index in [1.165, 1.54) is 6.07 Å². The number of hydrogen-bond acceptors (Lipinski definition) is 4. The number of benzene rings is 2. The van der Waals surface area contributed by atoms with Crippen molar-refractivity contribution >= 4 is 34.0 Å². The lowest BCUT2D eigenvalue weighted by atomic mass is 10.2. The average Bonchev–Trinajstić information content (AvgIpc) is 2.57. The van der Waals surface area contributed by atoms with Crippen molar-refractivity contribution in [1.82, 2.24) is 5.32 Å². The van der Waals surface area contributed by atoms with E-state index in [1.807, 2.05) is 13.0 Å². The van der Waals surface area contributed by atoms with Crippen molar-refractivity contribution in [3.05, 3.63) is 59.2 Å². The summed E-state index contributed by atoms with van der Waals surface area (Å²) < 4.78 is 27.8. The van der Waals surface area contributed by atoms with Gasteiger partial charge in [-0.2, -0.15) is 0 Å². The van der Waals surface area contributed by atoms with Gasteiger partial charge in [-0.15, -0.1) is 12.4 Å². The fraction of sp³-hybridized carbons (Fsp3) is 0.278. The van der Waals surface area contributed by atoms with Crippen LogP contribution in [0.2, 0.25) is 0 Å². The third-order valence-electron chi connectivity index (χ3n) is 3.68. The van der Waals surface area contributed by atoms with Gasteiger partial charge in [-0.3, -0.25) is 9.52 Å². The van der Waals surface area contributed by atoms with Crippen LogP contribution in [0, 0.1) is 13.8 Å². The summed E-state index contributed by atoms with van der Waals surface area (Å²) in [6.45, 7) is 4.56. The van der Waals surface area contributed by atoms with Gasteiger partial charge in [-0.05, 0) is 62.2 Å². The molecule has 0 fully saturated rings. The normalized spacial score (nSPS) is 10.7. The second-order valence-electron chi connectivity index (χ2n) is 5.85. The number of anilines is 1. The zero-order valence-corrected chi connectivity index (χ0v) is 16.4. The van der Waals surface area contributed by atoms with Crippen molar-refractivity contribution in [3.63, 3.8) is 0 Å². The highest BCUT2D eigenvalue weighted by atomic mass is 35.5. The molecular weight excluding hydrogens is 374 g/mol. The summed E-state index contributed by atoms with van der Waals surface area (Å²) in [5.74, 6) is -0.263. The lowest BCUT2D eigenvalue weighted by Crippen LogP contribution is -2.26. The van der Waals surface area contributed by atoms with Gasteiger partial charge in [-0.25, -0.2) is 8.42 Å². The highest BCUT2D eigenvalue weighted by molar-refractivity contribution is 7.92. The Labute approximate surface area is 160 Å². The number of sulfonamides is 1. The molecule has 2 aromatic carbocycles. The molecule has 8 heteroatoms. The standard InChI is InChI=1S/C18H23N3O3S.ClH/c1-13-7-8-14(2)17(11-13)25(23,24)21-16-6-3-5-15(12-16)18(22)20-10-4-9-19;/h3,5-8,11-12,21H,4,9-10,19H2,1-2H3,(H,20,22);1H. The summed E-state index contributed by atoms with van der Waals surface area (Å²) in [6, 6.07) is 11.7. The molecule has 0 saturated heterocycles. The van der Waals surface area contributed by atoms with Crippen molar-refractivity contribution in [2.75, 3.05) is 17.8 Å². The van der Waals surface area contributed by atoms with Gasteiger partial charge < -0.3 is 11.1 Å². The van der Waals surface area contributed by atoms with Crippen LogP contribution in [-0.2, 0) is 10.0 Å². The van der Waals surface area contributed by atoms with Gasteiger partial charge in [0.15, 0.2) is 0 Å². The van der Waals surface area contributed by atoms with Crippen molar-refractivity contribution in [1.29, 1.82) is 0 Å². The molecule has 0 aliphatic carbocycles. The van der Waals surface area contributed by atoms with Crippen LogP contribution in [0.1, 0.15) is 27.9 Å². The van der Waals surface area contributed by atoms with E-state index in [2.05, 4.69) is 10.0 Å². The molecule has 0 radical (unpaired) electrons. The van der Waals surface area contributed by atoms with Gasteiger partial charge in [-0.1, -0.05) is 18.2 Å². The molecule has 0 bridgehead atoms. The van der Waals surface area contributed by atoms with Crippen LogP contribution >= 0.6 is 12.4 Å². The summed E-state index contributed by atoms with van der Waals surface area (Å²) in [5, 5.41) is 2.74. The van der Waals surface area contributed by atoms with Gasteiger partial charge in [0.05, 0.1) is 4.90 Å². The summed E-state index contributed by atoms with van der Waals surface area (Å²) in [4.78, 5) is 12.3. The molecule has 4 N–H and O–H groups in total. The predicted molar refractivity (Wildman–Crippen MR) is 106 cm³/mol. The van der Waals surface area contributed by atoms with E-state index >= 15 is 0 Å². The Balaban J connectivity index is 0.00000338. The Hall–Kier alpha value is -2.09. The fourth-order valence-electron chi connectivity index (χ4n) is 2.34. The second kappa shape index (κ2) is 9.56. The summed E-state index contributed by atoms with van der Waals surface area (Å²) in [5.41, 5.74) is 7.65. The molecule has 6 nitrogen and oxygen atoms in total. The molecule has 0 heterocycles. The van der Waals surface area contributed by atoms with E-state index in [9.17, 15) is 13.2 Å². The molecule has 2 rings (SSSR count). The number of nitrogens with one attached hydrogen (secondary N) is 2. The molecule has 26 heavy (non-hydrogen) atoms. The first-order valence-corrected chi connectivity index (χ1v) is 9.50. The zero-order chi connectivity index (χ0) is 18.4. The van der Waals surface area contributed by atoms with Crippen LogP contribution in [0.5, 0.6) is 0 Å².